The minimum atomic E-state index is -0.422. The molecule has 4 nitrogen and oxygen atoms in total. The second kappa shape index (κ2) is 4.62. The van der Waals surface area contributed by atoms with Crippen LogP contribution in [0.1, 0.15) is 40.0 Å². The molecule has 1 amide bonds. The van der Waals surface area contributed by atoms with Crippen molar-refractivity contribution >= 4 is 6.09 Å². The summed E-state index contributed by atoms with van der Waals surface area (Å²) in [7, 11) is 4.13. The van der Waals surface area contributed by atoms with Gasteiger partial charge >= 0.3 is 6.09 Å². The number of carbonyl (C=O) groups excluding carboxylic acids is 1. The molecule has 0 unspecified atom stereocenters. The van der Waals surface area contributed by atoms with E-state index in [1.54, 1.807) is 0 Å². The first kappa shape index (κ1) is 13.3. The van der Waals surface area contributed by atoms with Crippen LogP contribution in [0.3, 0.4) is 0 Å². The minimum Gasteiger partial charge on any atom is -0.444 e. The molecule has 4 heteroatoms. The van der Waals surface area contributed by atoms with Crippen LogP contribution in [0.25, 0.3) is 0 Å². The number of alkyl carbamates (subject to hydrolysis) is 1. The Hall–Kier alpha value is -0.770. The fraction of sp³-hybridized carbons (Fsp3) is 0.917. The maximum atomic E-state index is 11.5. The smallest absolute Gasteiger partial charge is 0.407 e. The number of hydrogen-bond donors (Lipinski definition) is 1. The highest BCUT2D eigenvalue weighted by Crippen LogP contribution is 2.35. The molecule has 94 valence electrons. The van der Waals surface area contributed by atoms with Gasteiger partial charge in [0.15, 0.2) is 0 Å². The Kier molecular flexibility index (Phi) is 3.84. The van der Waals surface area contributed by atoms with Gasteiger partial charge in [0.25, 0.3) is 0 Å². The minimum absolute atomic E-state index is 0.150. The van der Waals surface area contributed by atoms with Crippen molar-refractivity contribution in [2.45, 2.75) is 51.2 Å². The third-order valence-electron chi connectivity index (χ3n) is 3.19. The van der Waals surface area contributed by atoms with Crippen LogP contribution in [-0.2, 0) is 4.74 Å². The summed E-state index contributed by atoms with van der Waals surface area (Å²) in [5.41, 5.74) is -0.272. The molecule has 1 aliphatic carbocycles. The number of ether oxygens (including phenoxy) is 1. The summed E-state index contributed by atoms with van der Waals surface area (Å²) in [6, 6.07) is 0. The number of nitrogens with zero attached hydrogens (tertiary/aromatic N) is 1. The average Bonchev–Trinajstić information content (AvgIpc) is 1.97. The van der Waals surface area contributed by atoms with E-state index in [0.29, 0.717) is 6.54 Å². The van der Waals surface area contributed by atoms with Crippen LogP contribution in [0, 0.1) is 0 Å². The molecule has 0 aromatic heterocycles. The van der Waals surface area contributed by atoms with Gasteiger partial charge in [0.2, 0.25) is 0 Å². The van der Waals surface area contributed by atoms with Crippen LogP contribution in [-0.4, -0.2) is 42.8 Å². The molecule has 0 bridgehead atoms. The zero-order chi connectivity index (χ0) is 12.4. The topological polar surface area (TPSA) is 41.6 Å². The SMILES string of the molecule is CN(C)C1(CNC(=O)OC(C)(C)C)CCC1. The Balaban J connectivity index is 2.36. The summed E-state index contributed by atoms with van der Waals surface area (Å²) < 4.78 is 5.21. The zero-order valence-corrected chi connectivity index (χ0v) is 11.1. The molecule has 1 rings (SSSR count). The summed E-state index contributed by atoms with van der Waals surface area (Å²) >= 11 is 0. The molecule has 0 aliphatic heterocycles. The molecule has 0 atom stereocenters. The third-order valence-corrected chi connectivity index (χ3v) is 3.19. The van der Waals surface area contributed by atoms with Crippen molar-refractivity contribution in [2.24, 2.45) is 0 Å². The van der Waals surface area contributed by atoms with Gasteiger partial charge in [-0.15, -0.1) is 0 Å². The van der Waals surface area contributed by atoms with Gasteiger partial charge in [0, 0.05) is 12.1 Å². The molecule has 1 aliphatic rings. The van der Waals surface area contributed by atoms with Crippen LogP contribution in [0.2, 0.25) is 0 Å². The largest absolute Gasteiger partial charge is 0.444 e. The zero-order valence-electron chi connectivity index (χ0n) is 11.1. The summed E-state index contributed by atoms with van der Waals surface area (Å²) in [6.45, 7) is 6.29. The highest BCUT2D eigenvalue weighted by molar-refractivity contribution is 5.67. The average molecular weight is 228 g/mol. The quantitative estimate of drug-likeness (QED) is 0.803. The Bertz CT molecular complexity index is 252. The Morgan fingerprint density at radius 2 is 1.94 bits per heavy atom. The molecule has 0 spiro atoms. The lowest BCUT2D eigenvalue weighted by atomic mass is 9.75. The third kappa shape index (κ3) is 3.37. The molecule has 1 N–H and O–H groups in total. The first-order valence-electron chi connectivity index (χ1n) is 5.89. The van der Waals surface area contributed by atoms with Crippen molar-refractivity contribution in [3.8, 4) is 0 Å². The normalized spacial score (nSPS) is 19.1. The van der Waals surface area contributed by atoms with E-state index in [2.05, 4.69) is 24.3 Å². The monoisotopic (exact) mass is 228 g/mol. The molecule has 0 radical (unpaired) electrons. The number of rotatable bonds is 3. The van der Waals surface area contributed by atoms with Crippen molar-refractivity contribution in [2.75, 3.05) is 20.6 Å². The van der Waals surface area contributed by atoms with Gasteiger partial charge in [0.05, 0.1) is 0 Å². The lowest BCUT2D eigenvalue weighted by Gasteiger charge is -2.47. The molecular formula is C12H24N2O2. The molecule has 0 heterocycles. The molecule has 0 aromatic carbocycles. The Morgan fingerprint density at radius 1 is 1.38 bits per heavy atom. The maximum Gasteiger partial charge on any atom is 0.407 e. The second-order valence-electron chi connectivity index (χ2n) is 5.83. The predicted molar refractivity (Wildman–Crippen MR) is 64.5 cm³/mol. The molecule has 16 heavy (non-hydrogen) atoms. The fourth-order valence-corrected chi connectivity index (χ4v) is 1.92. The first-order valence-corrected chi connectivity index (χ1v) is 5.89. The van der Waals surface area contributed by atoms with Gasteiger partial charge in [-0.3, -0.25) is 0 Å². The van der Waals surface area contributed by atoms with Gasteiger partial charge in [-0.05, 0) is 54.1 Å². The maximum absolute atomic E-state index is 11.5. The van der Waals surface area contributed by atoms with Crippen molar-refractivity contribution in [1.82, 2.24) is 10.2 Å². The summed E-state index contributed by atoms with van der Waals surface area (Å²) in [4.78, 5) is 13.7. The standard InChI is InChI=1S/C12H24N2O2/c1-11(2,3)16-10(15)13-9-12(14(4)5)7-6-8-12/h6-9H2,1-5H3,(H,13,15). The highest BCUT2D eigenvalue weighted by atomic mass is 16.6. The molecule has 0 aromatic rings. The van der Waals surface area contributed by atoms with Crippen molar-refractivity contribution < 1.29 is 9.53 Å². The predicted octanol–water partition coefficient (Wildman–Crippen LogP) is 2.00. The molecular weight excluding hydrogens is 204 g/mol. The van der Waals surface area contributed by atoms with Crippen molar-refractivity contribution in [1.29, 1.82) is 0 Å². The lowest BCUT2D eigenvalue weighted by molar-refractivity contribution is 0.0340. The van der Waals surface area contributed by atoms with E-state index in [9.17, 15) is 4.79 Å². The van der Waals surface area contributed by atoms with Crippen LogP contribution < -0.4 is 5.32 Å². The van der Waals surface area contributed by atoms with E-state index >= 15 is 0 Å². The fourth-order valence-electron chi connectivity index (χ4n) is 1.92. The van der Waals surface area contributed by atoms with Gasteiger partial charge in [-0.25, -0.2) is 4.79 Å². The van der Waals surface area contributed by atoms with E-state index in [0.717, 1.165) is 12.8 Å². The van der Waals surface area contributed by atoms with Crippen LogP contribution >= 0.6 is 0 Å². The van der Waals surface area contributed by atoms with Crippen LogP contribution in [0.5, 0.6) is 0 Å². The number of likely N-dealkylation sites (N-methyl/N-ethyl adjacent to an activating group) is 1. The molecule has 1 saturated carbocycles. The Morgan fingerprint density at radius 3 is 2.25 bits per heavy atom. The van der Waals surface area contributed by atoms with Crippen LogP contribution in [0.4, 0.5) is 4.79 Å². The lowest BCUT2D eigenvalue weighted by Crippen LogP contribution is -2.57. The molecule has 0 saturated heterocycles. The van der Waals surface area contributed by atoms with E-state index in [1.807, 2.05) is 20.8 Å². The summed E-state index contributed by atoms with van der Waals surface area (Å²) in [6.07, 6.45) is 3.22. The van der Waals surface area contributed by atoms with Crippen LogP contribution in [0.15, 0.2) is 0 Å². The van der Waals surface area contributed by atoms with Gasteiger partial charge in [-0.1, -0.05) is 0 Å². The highest BCUT2D eigenvalue weighted by Gasteiger charge is 2.39. The molecule has 1 fully saturated rings. The van der Waals surface area contributed by atoms with Gasteiger partial charge < -0.3 is 15.0 Å². The van der Waals surface area contributed by atoms with Crippen molar-refractivity contribution in [3.63, 3.8) is 0 Å². The number of hydrogen-bond acceptors (Lipinski definition) is 3. The van der Waals surface area contributed by atoms with E-state index in [4.69, 9.17) is 4.74 Å². The van der Waals surface area contributed by atoms with E-state index < -0.39 is 5.60 Å². The number of nitrogens with one attached hydrogen (secondary N) is 1. The summed E-state index contributed by atoms with van der Waals surface area (Å²) in [5, 5.41) is 2.86. The summed E-state index contributed by atoms with van der Waals surface area (Å²) in [5.74, 6) is 0. The second-order valence-corrected chi connectivity index (χ2v) is 5.83. The number of amides is 1. The van der Waals surface area contributed by atoms with Crippen molar-refractivity contribution in [3.05, 3.63) is 0 Å². The van der Waals surface area contributed by atoms with Gasteiger partial charge in [-0.2, -0.15) is 0 Å². The van der Waals surface area contributed by atoms with E-state index in [-0.39, 0.29) is 11.6 Å². The first-order chi connectivity index (χ1) is 7.25. The van der Waals surface area contributed by atoms with E-state index in [1.165, 1.54) is 6.42 Å². The van der Waals surface area contributed by atoms with Gasteiger partial charge in [0.1, 0.15) is 5.60 Å². The number of carbonyl (C=O) groups is 1. The Labute approximate surface area is 98.3 Å².